The summed E-state index contributed by atoms with van der Waals surface area (Å²) in [4.78, 5) is 13.5. The molecule has 6 heteroatoms. The molecule has 0 spiro atoms. The molecular formula is C26H37NO5. The molecule has 0 heterocycles. The third-order valence-electron chi connectivity index (χ3n) is 4.75. The molecule has 2 aromatic rings. The third kappa shape index (κ3) is 10.2. The van der Waals surface area contributed by atoms with Gasteiger partial charge in [0.1, 0.15) is 11.4 Å². The molecule has 1 N–H and O–H groups in total. The Morgan fingerprint density at radius 1 is 1.03 bits per heavy atom. The maximum atomic E-state index is 12.0. The lowest BCUT2D eigenvalue weighted by Crippen LogP contribution is -2.35. The summed E-state index contributed by atoms with van der Waals surface area (Å²) in [6, 6.07) is 17.6. The van der Waals surface area contributed by atoms with Crippen LogP contribution in [0.2, 0.25) is 0 Å². The molecule has 2 aromatic carbocycles. The van der Waals surface area contributed by atoms with Gasteiger partial charge in [0.2, 0.25) is 0 Å². The van der Waals surface area contributed by atoms with Crippen LogP contribution in [0.25, 0.3) is 0 Å². The van der Waals surface area contributed by atoms with E-state index in [1.807, 2.05) is 63.2 Å². The maximum absolute atomic E-state index is 12.0. The van der Waals surface area contributed by atoms with E-state index < -0.39 is 17.8 Å². The van der Waals surface area contributed by atoms with Crippen molar-refractivity contribution in [1.82, 2.24) is 4.90 Å². The Kier molecular flexibility index (Phi) is 10.5. The molecule has 0 aliphatic rings. The second-order valence-corrected chi connectivity index (χ2v) is 8.87. The molecule has 1 amide bonds. The highest BCUT2D eigenvalue weighted by Gasteiger charge is 2.20. The molecule has 6 nitrogen and oxygen atoms in total. The van der Waals surface area contributed by atoms with Gasteiger partial charge >= 0.3 is 6.09 Å². The molecule has 0 radical (unpaired) electrons. The fraction of sp³-hybridized carbons (Fsp3) is 0.500. The monoisotopic (exact) mass is 443 g/mol. The van der Waals surface area contributed by atoms with Gasteiger partial charge in [0.15, 0.2) is 0 Å². The van der Waals surface area contributed by atoms with Gasteiger partial charge in [-0.05, 0) is 63.3 Å². The van der Waals surface area contributed by atoms with E-state index >= 15 is 0 Å². The van der Waals surface area contributed by atoms with Crippen LogP contribution in [0.15, 0.2) is 54.6 Å². The second kappa shape index (κ2) is 13.1. The molecule has 0 saturated heterocycles. The lowest BCUT2D eigenvalue weighted by atomic mass is 10.1. The number of carbonyl (C=O) groups excluding carboxylic acids is 1. The van der Waals surface area contributed by atoms with Crippen LogP contribution < -0.4 is 4.74 Å². The van der Waals surface area contributed by atoms with E-state index in [2.05, 4.69) is 12.1 Å². The van der Waals surface area contributed by atoms with Crippen LogP contribution in [-0.4, -0.2) is 48.5 Å². The fourth-order valence-electron chi connectivity index (χ4n) is 2.99. The van der Waals surface area contributed by atoms with Crippen molar-refractivity contribution in [3.8, 4) is 5.75 Å². The van der Waals surface area contributed by atoms with E-state index in [-0.39, 0.29) is 0 Å². The van der Waals surface area contributed by atoms with Crippen molar-refractivity contribution < 1.29 is 24.1 Å². The normalized spacial score (nSPS) is 12.3. The van der Waals surface area contributed by atoms with E-state index in [1.54, 1.807) is 7.05 Å². The first kappa shape index (κ1) is 25.7. The molecule has 176 valence electrons. The smallest absolute Gasteiger partial charge is 0.410 e. The van der Waals surface area contributed by atoms with Crippen LogP contribution in [0, 0.1) is 0 Å². The van der Waals surface area contributed by atoms with E-state index in [1.165, 1.54) is 10.5 Å². The number of rotatable bonds is 12. The van der Waals surface area contributed by atoms with Crippen LogP contribution in [0.1, 0.15) is 57.3 Å². The molecule has 0 aliphatic heterocycles. The first-order chi connectivity index (χ1) is 15.2. The first-order valence-electron chi connectivity index (χ1n) is 11.2. The van der Waals surface area contributed by atoms with Gasteiger partial charge in [-0.3, -0.25) is 0 Å². The van der Waals surface area contributed by atoms with Crippen LogP contribution in [-0.2, 0) is 16.1 Å². The Bertz CT molecular complexity index is 803. The van der Waals surface area contributed by atoms with E-state index in [4.69, 9.17) is 14.2 Å². The Labute approximate surface area is 192 Å². The first-order valence-corrected chi connectivity index (χ1v) is 11.2. The summed E-state index contributed by atoms with van der Waals surface area (Å²) in [6.07, 6.45) is 1.15. The topological polar surface area (TPSA) is 68.2 Å². The number of aliphatic hydroxyl groups excluding tert-OH is 1. The van der Waals surface area contributed by atoms with Gasteiger partial charge in [-0.1, -0.05) is 42.5 Å². The number of hydrogen-bond acceptors (Lipinski definition) is 5. The van der Waals surface area contributed by atoms with E-state index in [0.29, 0.717) is 32.8 Å². The Balaban J connectivity index is 1.66. The van der Waals surface area contributed by atoms with Gasteiger partial charge in [-0.15, -0.1) is 0 Å². The van der Waals surface area contributed by atoms with E-state index in [0.717, 1.165) is 24.2 Å². The predicted molar refractivity (Wildman–Crippen MR) is 126 cm³/mol. The van der Waals surface area contributed by atoms with Gasteiger partial charge in [0.25, 0.3) is 0 Å². The van der Waals surface area contributed by atoms with Crippen LogP contribution in [0.3, 0.4) is 0 Å². The summed E-state index contributed by atoms with van der Waals surface area (Å²) in [5, 5.41) is 10.5. The lowest BCUT2D eigenvalue weighted by molar-refractivity contribution is 0.0273. The fourth-order valence-corrected chi connectivity index (χ4v) is 2.99. The summed E-state index contributed by atoms with van der Waals surface area (Å²) in [5.74, 6) is 0.729. The minimum Gasteiger partial charge on any atom is -0.494 e. The summed E-state index contributed by atoms with van der Waals surface area (Å²) >= 11 is 0. The minimum absolute atomic E-state index is 0.393. The average Bonchev–Trinajstić information content (AvgIpc) is 2.76. The molecule has 1 unspecified atom stereocenters. The number of benzene rings is 2. The van der Waals surface area contributed by atoms with Crippen molar-refractivity contribution >= 4 is 6.09 Å². The number of hydrogen-bond donors (Lipinski definition) is 1. The van der Waals surface area contributed by atoms with Crippen molar-refractivity contribution in [2.24, 2.45) is 0 Å². The summed E-state index contributed by atoms with van der Waals surface area (Å²) in [7, 11) is 1.67. The van der Waals surface area contributed by atoms with Crippen LogP contribution in [0.5, 0.6) is 5.75 Å². The summed E-state index contributed by atoms with van der Waals surface area (Å²) in [5.41, 5.74) is 1.41. The molecular weight excluding hydrogens is 406 g/mol. The SMILES string of the molecule is CN(CCC(O)c1cccc(OCCCCOCc2ccccc2)c1)C(=O)OC(C)(C)C. The number of unbranched alkanes of at least 4 members (excludes halogenated alkanes) is 1. The molecule has 0 saturated carbocycles. The Morgan fingerprint density at radius 2 is 1.75 bits per heavy atom. The maximum Gasteiger partial charge on any atom is 0.410 e. The number of aliphatic hydroxyl groups is 1. The van der Waals surface area contributed by atoms with Crippen molar-refractivity contribution in [2.45, 2.75) is 58.3 Å². The van der Waals surface area contributed by atoms with Crippen LogP contribution in [0.4, 0.5) is 4.79 Å². The third-order valence-corrected chi connectivity index (χ3v) is 4.75. The van der Waals surface area contributed by atoms with Crippen molar-refractivity contribution in [3.05, 3.63) is 65.7 Å². The molecule has 2 rings (SSSR count). The van der Waals surface area contributed by atoms with Crippen molar-refractivity contribution in [2.75, 3.05) is 26.8 Å². The van der Waals surface area contributed by atoms with Gasteiger partial charge in [-0.2, -0.15) is 0 Å². The Morgan fingerprint density at radius 3 is 2.47 bits per heavy atom. The zero-order valence-electron chi connectivity index (χ0n) is 19.8. The van der Waals surface area contributed by atoms with Gasteiger partial charge in [-0.25, -0.2) is 4.79 Å². The highest BCUT2D eigenvalue weighted by atomic mass is 16.6. The highest BCUT2D eigenvalue weighted by molar-refractivity contribution is 5.67. The minimum atomic E-state index is -0.685. The number of nitrogens with zero attached hydrogens (tertiary/aromatic N) is 1. The summed E-state index contributed by atoms with van der Waals surface area (Å²) < 4.78 is 16.9. The standard InChI is InChI=1S/C26H37NO5/c1-26(2,3)32-25(29)27(4)16-15-24(28)22-13-10-14-23(19-22)31-18-9-8-17-30-20-21-11-6-5-7-12-21/h5-7,10-14,19,24,28H,8-9,15-18,20H2,1-4H3. The predicted octanol–water partition coefficient (Wildman–Crippen LogP) is 5.35. The summed E-state index contributed by atoms with van der Waals surface area (Å²) in [6.45, 7) is 7.80. The highest BCUT2D eigenvalue weighted by Crippen LogP contribution is 2.22. The zero-order valence-corrected chi connectivity index (χ0v) is 19.8. The average molecular weight is 444 g/mol. The quantitative estimate of drug-likeness (QED) is 0.448. The lowest BCUT2D eigenvalue weighted by Gasteiger charge is -2.25. The van der Waals surface area contributed by atoms with Gasteiger partial charge < -0.3 is 24.2 Å². The molecule has 0 fully saturated rings. The molecule has 32 heavy (non-hydrogen) atoms. The zero-order chi connectivity index (χ0) is 23.4. The second-order valence-electron chi connectivity index (χ2n) is 8.87. The number of amides is 1. The largest absolute Gasteiger partial charge is 0.494 e. The van der Waals surface area contributed by atoms with Crippen molar-refractivity contribution in [1.29, 1.82) is 0 Å². The Hall–Kier alpha value is -2.57. The number of ether oxygens (including phenoxy) is 3. The van der Waals surface area contributed by atoms with Gasteiger partial charge in [0.05, 0.1) is 19.3 Å². The van der Waals surface area contributed by atoms with Gasteiger partial charge in [0, 0.05) is 20.2 Å². The van der Waals surface area contributed by atoms with Crippen LogP contribution >= 0.6 is 0 Å². The van der Waals surface area contributed by atoms with Crippen molar-refractivity contribution in [3.63, 3.8) is 0 Å². The van der Waals surface area contributed by atoms with E-state index in [9.17, 15) is 9.90 Å². The molecule has 1 atom stereocenters. The molecule has 0 bridgehead atoms. The molecule has 0 aromatic heterocycles. The number of carbonyl (C=O) groups is 1. The molecule has 0 aliphatic carbocycles.